The second-order valence-electron chi connectivity index (χ2n) is 4.55. The number of carbonyl (C=O) groups is 1. The topological polar surface area (TPSA) is 96.5 Å². The zero-order valence-electron chi connectivity index (χ0n) is 11.4. The molecule has 3 N–H and O–H groups in total. The van der Waals surface area contributed by atoms with Crippen LogP contribution in [0.4, 0.5) is 4.79 Å². The Bertz CT molecular complexity index is 377. The van der Waals surface area contributed by atoms with Gasteiger partial charge in [-0.2, -0.15) is 13.1 Å². The van der Waals surface area contributed by atoms with Crippen LogP contribution in [0.3, 0.4) is 0 Å². The molecule has 112 valence electrons. The monoisotopic (exact) mass is 293 g/mol. The van der Waals surface area contributed by atoms with E-state index < -0.39 is 16.3 Å². The summed E-state index contributed by atoms with van der Waals surface area (Å²) in [6.07, 6.45) is 2.44. The van der Waals surface area contributed by atoms with E-state index in [-0.39, 0.29) is 12.6 Å². The van der Waals surface area contributed by atoms with E-state index in [4.69, 9.17) is 0 Å². The maximum Gasteiger partial charge on any atom is 0.421 e. The Morgan fingerprint density at radius 3 is 2.26 bits per heavy atom. The first-order valence-electron chi connectivity index (χ1n) is 6.67. The van der Waals surface area contributed by atoms with E-state index in [0.717, 1.165) is 32.2 Å². The number of carbonyl (C=O) groups excluding carboxylic acids is 1. The number of rotatable bonds is 6. The molecule has 1 amide bonds. The number of hydrogen-bond donors (Lipinski definition) is 3. The second-order valence-corrected chi connectivity index (χ2v) is 6.00. The summed E-state index contributed by atoms with van der Waals surface area (Å²) in [6.45, 7) is 4.72. The molecule has 0 heterocycles. The van der Waals surface area contributed by atoms with Gasteiger partial charge in [-0.1, -0.05) is 6.92 Å². The predicted molar refractivity (Wildman–Crippen MR) is 71.9 cm³/mol. The van der Waals surface area contributed by atoms with E-state index in [1.165, 1.54) is 0 Å². The molecule has 0 unspecified atom stereocenters. The molecule has 0 aliphatic heterocycles. The first kappa shape index (κ1) is 16.2. The van der Waals surface area contributed by atoms with Crippen molar-refractivity contribution in [2.24, 2.45) is 0 Å². The largest absolute Gasteiger partial charge is 0.449 e. The molecule has 0 atom stereocenters. The van der Waals surface area contributed by atoms with Crippen LogP contribution in [0.15, 0.2) is 0 Å². The Hall–Kier alpha value is -0.860. The number of nitrogens with one attached hydrogen (secondary N) is 3. The van der Waals surface area contributed by atoms with Crippen molar-refractivity contribution in [3.63, 3.8) is 0 Å². The molecule has 1 saturated carbocycles. The first-order valence-corrected chi connectivity index (χ1v) is 8.15. The first-order chi connectivity index (χ1) is 8.96. The third-order valence-electron chi connectivity index (χ3n) is 3.03. The summed E-state index contributed by atoms with van der Waals surface area (Å²) in [6, 6.07) is 0.339. The summed E-state index contributed by atoms with van der Waals surface area (Å²) < 4.78 is 32.1. The maximum atomic E-state index is 11.7. The molecule has 0 radical (unpaired) electrons. The Morgan fingerprint density at radius 1 is 1.16 bits per heavy atom. The molecule has 1 aliphatic carbocycles. The van der Waals surface area contributed by atoms with Gasteiger partial charge in [0.05, 0.1) is 6.61 Å². The Labute approximate surface area is 114 Å². The van der Waals surface area contributed by atoms with Crippen LogP contribution in [0.1, 0.15) is 39.5 Å². The molecule has 0 aromatic heterocycles. The fourth-order valence-electron chi connectivity index (χ4n) is 2.22. The van der Waals surface area contributed by atoms with Crippen molar-refractivity contribution in [1.29, 1.82) is 0 Å². The third-order valence-corrected chi connectivity index (χ3v) is 4.11. The molecule has 0 bridgehead atoms. The van der Waals surface area contributed by atoms with Gasteiger partial charge < -0.3 is 10.1 Å². The lowest BCUT2D eigenvalue weighted by molar-refractivity contribution is 0.158. The maximum absolute atomic E-state index is 11.7. The highest BCUT2D eigenvalue weighted by Gasteiger charge is 2.25. The van der Waals surface area contributed by atoms with E-state index in [1.807, 2.05) is 4.72 Å². The molecule has 0 aromatic carbocycles. The van der Waals surface area contributed by atoms with E-state index in [2.05, 4.69) is 21.7 Å². The van der Waals surface area contributed by atoms with E-state index in [1.54, 1.807) is 6.92 Å². The van der Waals surface area contributed by atoms with Crippen LogP contribution in [-0.4, -0.2) is 39.7 Å². The average Bonchev–Trinajstić information content (AvgIpc) is 2.31. The van der Waals surface area contributed by atoms with Crippen LogP contribution in [-0.2, 0) is 14.9 Å². The van der Waals surface area contributed by atoms with Crippen LogP contribution >= 0.6 is 0 Å². The van der Waals surface area contributed by atoms with Gasteiger partial charge in [-0.25, -0.2) is 9.52 Å². The SMILES string of the molecule is CCNC1CCC(NS(=O)(=O)NC(=O)OCC)CC1. The fraction of sp³-hybridized carbons (Fsp3) is 0.909. The van der Waals surface area contributed by atoms with Gasteiger partial charge in [-0.3, -0.25) is 0 Å². The van der Waals surface area contributed by atoms with Crippen LogP contribution < -0.4 is 14.8 Å². The van der Waals surface area contributed by atoms with Crippen LogP contribution in [0, 0.1) is 0 Å². The molecule has 19 heavy (non-hydrogen) atoms. The van der Waals surface area contributed by atoms with Gasteiger partial charge in [0.15, 0.2) is 0 Å². The van der Waals surface area contributed by atoms with Crippen LogP contribution in [0.25, 0.3) is 0 Å². The minimum atomic E-state index is -3.83. The molecule has 0 saturated heterocycles. The van der Waals surface area contributed by atoms with Crippen molar-refractivity contribution in [3.05, 3.63) is 0 Å². The quantitative estimate of drug-likeness (QED) is 0.662. The second kappa shape index (κ2) is 7.66. The third kappa shape index (κ3) is 6.22. The Morgan fingerprint density at radius 2 is 1.74 bits per heavy atom. The van der Waals surface area contributed by atoms with E-state index >= 15 is 0 Å². The molecule has 1 aliphatic rings. The van der Waals surface area contributed by atoms with Crippen LogP contribution in [0.5, 0.6) is 0 Å². The molecular weight excluding hydrogens is 270 g/mol. The predicted octanol–water partition coefficient (Wildman–Crippen LogP) is 0.488. The molecule has 7 nitrogen and oxygen atoms in total. The smallest absolute Gasteiger partial charge is 0.421 e. The Balaban J connectivity index is 2.37. The van der Waals surface area contributed by atoms with Gasteiger partial charge in [0.1, 0.15) is 0 Å². The summed E-state index contributed by atoms with van der Waals surface area (Å²) in [4.78, 5) is 11.1. The van der Waals surface area contributed by atoms with Gasteiger partial charge >= 0.3 is 16.3 Å². The lowest BCUT2D eigenvalue weighted by atomic mass is 9.92. The van der Waals surface area contributed by atoms with Crippen molar-refractivity contribution in [2.45, 2.75) is 51.6 Å². The fourth-order valence-corrected chi connectivity index (χ4v) is 3.24. The van der Waals surface area contributed by atoms with Crippen molar-refractivity contribution < 1.29 is 17.9 Å². The van der Waals surface area contributed by atoms with Crippen molar-refractivity contribution >= 4 is 16.3 Å². The van der Waals surface area contributed by atoms with Crippen LogP contribution in [0.2, 0.25) is 0 Å². The molecule has 0 aromatic rings. The molecule has 0 spiro atoms. The van der Waals surface area contributed by atoms with Gasteiger partial charge in [0.25, 0.3) is 0 Å². The van der Waals surface area contributed by atoms with Gasteiger partial charge in [-0.05, 0) is 39.2 Å². The van der Waals surface area contributed by atoms with E-state index in [9.17, 15) is 13.2 Å². The number of hydrogen-bond acceptors (Lipinski definition) is 5. The highest BCUT2D eigenvalue weighted by atomic mass is 32.2. The lowest BCUT2D eigenvalue weighted by Crippen LogP contribution is -2.47. The molecule has 8 heteroatoms. The minimum Gasteiger partial charge on any atom is -0.449 e. The standard InChI is InChI=1S/C11H23N3O4S/c1-3-12-9-5-7-10(8-6-9)13-19(16,17)14-11(15)18-4-2/h9-10,12-13H,3-8H2,1-2H3,(H,14,15). The summed E-state index contributed by atoms with van der Waals surface area (Å²) >= 11 is 0. The van der Waals surface area contributed by atoms with Gasteiger partial charge in [-0.15, -0.1) is 0 Å². The summed E-state index contributed by atoms with van der Waals surface area (Å²) in [5.41, 5.74) is 0. The zero-order valence-corrected chi connectivity index (χ0v) is 12.3. The highest BCUT2D eigenvalue weighted by Crippen LogP contribution is 2.18. The minimum absolute atomic E-state index is 0.123. The zero-order chi connectivity index (χ0) is 14.3. The molecular formula is C11H23N3O4S. The van der Waals surface area contributed by atoms with Gasteiger partial charge in [0, 0.05) is 12.1 Å². The summed E-state index contributed by atoms with van der Waals surface area (Å²) in [7, 11) is -3.83. The van der Waals surface area contributed by atoms with Crippen molar-refractivity contribution in [2.75, 3.05) is 13.2 Å². The van der Waals surface area contributed by atoms with E-state index in [0.29, 0.717) is 6.04 Å². The highest BCUT2D eigenvalue weighted by molar-refractivity contribution is 7.88. The Kier molecular flexibility index (Phi) is 6.53. The number of amides is 1. The van der Waals surface area contributed by atoms with Crippen molar-refractivity contribution in [1.82, 2.24) is 14.8 Å². The van der Waals surface area contributed by atoms with Crippen molar-refractivity contribution in [3.8, 4) is 0 Å². The van der Waals surface area contributed by atoms with Gasteiger partial charge in [0.2, 0.25) is 0 Å². The molecule has 1 rings (SSSR count). The molecule has 1 fully saturated rings. The summed E-state index contributed by atoms with van der Waals surface area (Å²) in [5.74, 6) is 0. The lowest BCUT2D eigenvalue weighted by Gasteiger charge is -2.29. The normalized spacial score (nSPS) is 23.9. The number of ether oxygens (including phenoxy) is 1. The summed E-state index contributed by atoms with van der Waals surface area (Å²) in [5, 5.41) is 3.35. The average molecular weight is 293 g/mol.